The third kappa shape index (κ3) is 7.01. The minimum Gasteiger partial charge on any atom is -0.497 e. The van der Waals surface area contributed by atoms with Crippen LogP contribution in [0.5, 0.6) is 11.5 Å². The number of nitrogens with one attached hydrogen (secondary N) is 1. The molecule has 2 aromatic rings. The number of methoxy groups -OCH3 is 1. The molecule has 0 radical (unpaired) electrons. The number of nitrogens with zero attached hydrogens (tertiary/aromatic N) is 1. The third-order valence-electron chi connectivity index (χ3n) is 5.10. The lowest BCUT2D eigenvalue weighted by atomic mass is 10.2. The maximum absolute atomic E-state index is 12.2. The molecule has 0 unspecified atom stereocenters. The van der Waals surface area contributed by atoms with Gasteiger partial charge in [0.05, 0.1) is 12.7 Å². The first kappa shape index (κ1) is 23.1. The predicted octanol–water partition coefficient (Wildman–Crippen LogP) is 3.27. The Bertz CT molecular complexity index is 920. The van der Waals surface area contributed by atoms with E-state index in [1.54, 1.807) is 48.4 Å². The van der Waals surface area contributed by atoms with Gasteiger partial charge in [0.1, 0.15) is 11.5 Å². The van der Waals surface area contributed by atoms with Gasteiger partial charge in [0.2, 0.25) is 0 Å². The zero-order valence-corrected chi connectivity index (χ0v) is 18.2. The molecule has 0 bridgehead atoms. The van der Waals surface area contributed by atoms with Gasteiger partial charge in [-0.15, -0.1) is 0 Å². The molecule has 8 heteroatoms. The zero-order chi connectivity index (χ0) is 22.8. The van der Waals surface area contributed by atoms with E-state index in [4.69, 9.17) is 14.2 Å². The predicted molar refractivity (Wildman–Crippen MR) is 119 cm³/mol. The monoisotopic (exact) mass is 440 g/mol. The normalized spacial score (nSPS) is 13.6. The summed E-state index contributed by atoms with van der Waals surface area (Å²) in [6, 6.07) is 13.2. The Hall–Kier alpha value is -3.55. The minimum absolute atomic E-state index is 0.165. The van der Waals surface area contributed by atoms with Gasteiger partial charge in [-0.1, -0.05) is 18.9 Å². The summed E-state index contributed by atoms with van der Waals surface area (Å²) in [5, 5.41) is 2.72. The molecule has 1 aliphatic heterocycles. The van der Waals surface area contributed by atoms with Crippen molar-refractivity contribution in [3.63, 3.8) is 0 Å². The summed E-state index contributed by atoms with van der Waals surface area (Å²) < 4.78 is 15.7. The van der Waals surface area contributed by atoms with Crippen molar-refractivity contribution in [3.05, 3.63) is 54.1 Å². The standard InChI is InChI=1S/C24H28N2O6/c1-30-21-8-6-7-19(15-21)25-22(27)16-31-20-11-9-18(10-12-20)24(29)32-17-23(28)26-13-4-2-3-5-14-26/h6-12,15H,2-5,13-14,16-17H2,1H3,(H,25,27). The molecular weight excluding hydrogens is 412 g/mol. The van der Waals surface area contributed by atoms with Crippen LogP contribution >= 0.6 is 0 Å². The van der Waals surface area contributed by atoms with E-state index in [0.717, 1.165) is 25.7 Å². The van der Waals surface area contributed by atoms with Crippen molar-refractivity contribution >= 4 is 23.5 Å². The van der Waals surface area contributed by atoms with Crippen LogP contribution in [-0.2, 0) is 14.3 Å². The van der Waals surface area contributed by atoms with Crippen molar-refractivity contribution in [2.24, 2.45) is 0 Å². The number of benzene rings is 2. The van der Waals surface area contributed by atoms with Gasteiger partial charge >= 0.3 is 5.97 Å². The number of hydrogen-bond acceptors (Lipinski definition) is 6. The summed E-state index contributed by atoms with van der Waals surface area (Å²) in [4.78, 5) is 38.3. The highest BCUT2D eigenvalue weighted by molar-refractivity contribution is 5.92. The Morgan fingerprint density at radius 3 is 2.31 bits per heavy atom. The number of carbonyl (C=O) groups is 3. The zero-order valence-electron chi connectivity index (χ0n) is 18.2. The lowest BCUT2D eigenvalue weighted by molar-refractivity contribution is -0.134. The fourth-order valence-electron chi connectivity index (χ4n) is 3.36. The average molecular weight is 440 g/mol. The molecule has 3 rings (SSSR count). The molecule has 0 atom stereocenters. The van der Waals surface area contributed by atoms with Crippen LogP contribution in [0, 0.1) is 0 Å². The average Bonchev–Trinajstić information content (AvgIpc) is 3.11. The second-order valence-corrected chi connectivity index (χ2v) is 7.46. The fourth-order valence-corrected chi connectivity index (χ4v) is 3.36. The van der Waals surface area contributed by atoms with E-state index < -0.39 is 5.97 Å². The highest BCUT2D eigenvalue weighted by Gasteiger charge is 2.18. The Morgan fingerprint density at radius 1 is 0.906 bits per heavy atom. The molecule has 2 amide bonds. The topological polar surface area (TPSA) is 94.2 Å². The molecule has 0 spiro atoms. The molecule has 0 aromatic heterocycles. The van der Waals surface area contributed by atoms with Crippen LogP contribution in [0.3, 0.4) is 0 Å². The van der Waals surface area contributed by atoms with Crippen LogP contribution in [0.1, 0.15) is 36.0 Å². The van der Waals surface area contributed by atoms with Gasteiger partial charge in [0, 0.05) is 24.8 Å². The molecule has 1 N–H and O–H groups in total. The van der Waals surface area contributed by atoms with E-state index in [1.807, 2.05) is 0 Å². The Labute approximate surface area is 187 Å². The van der Waals surface area contributed by atoms with E-state index in [0.29, 0.717) is 35.8 Å². The van der Waals surface area contributed by atoms with Crippen molar-refractivity contribution in [3.8, 4) is 11.5 Å². The van der Waals surface area contributed by atoms with Gasteiger partial charge in [0.25, 0.3) is 11.8 Å². The SMILES string of the molecule is COc1cccc(NC(=O)COc2ccc(C(=O)OCC(=O)N3CCCCCC3)cc2)c1. The molecule has 1 aliphatic rings. The maximum atomic E-state index is 12.2. The maximum Gasteiger partial charge on any atom is 0.338 e. The molecule has 1 fully saturated rings. The lowest BCUT2D eigenvalue weighted by Crippen LogP contribution is -2.35. The van der Waals surface area contributed by atoms with Gasteiger partial charge in [-0.2, -0.15) is 0 Å². The highest BCUT2D eigenvalue weighted by Crippen LogP contribution is 2.17. The Balaban J connectivity index is 1.43. The quantitative estimate of drug-likeness (QED) is 0.633. The molecular formula is C24H28N2O6. The summed E-state index contributed by atoms with van der Waals surface area (Å²) in [5.41, 5.74) is 0.910. The van der Waals surface area contributed by atoms with Crippen LogP contribution < -0.4 is 14.8 Å². The first-order valence-corrected chi connectivity index (χ1v) is 10.7. The summed E-state index contributed by atoms with van der Waals surface area (Å²) in [6.45, 7) is 0.981. The van der Waals surface area contributed by atoms with Crippen molar-refractivity contribution in [1.82, 2.24) is 4.90 Å². The number of ether oxygens (including phenoxy) is 3. The largest absolute Gasteiger partial charge is 0.497 e. The summed E-state index contributed by atoms with van der Waals surface area (Å²) in [6.07, 6.45) is 4.22. The van der Waals surface area contributed by atoms with Gasteiger partial charge in [-0.25, -0.2) is 4.79 Å². The number of hydrogen-bond donors (Lipinski definition) is 1. The highest BCUT2D eigenvalue weighted by atomic mass is 16.5. The molecule has 8 nitrogen and oxygen atoms in total. The van der Waals surface area contributed by atoms with E-state index in [2.05, 4.69) is 5.32 Å². The molecule has 1 heterocycles. The van der Waals surface area contributed by atoms with Crippen LogP contribution in [0.2, 0.25) is 0 Å². The molecule has 0 aliphatic carbocycles. The van der Waals surface area contributed by atoms with Crippen LogP contribution in [-0.4, -0.2) is 56.1 Å². The molecule has 2 aromatic carbocycles. The smallest absolute Gasteiger partial charge is 0.338 e. The van der Waals surface area contributed by atoms with Gasteiger partial charge in [0.15, 0.2) is 13.2 Å². The summed E-state index contributed by atoms with van der Waals surface area (Å²) in [5.74, 6) is 0.00816. The number of likely N-dealkylation sites (tertiary alicyclic amines) is 1. The number of amides is 2. The lowest BCUT2D eigenvalue weighted by Gasteiger charge is -2.19. The van der Waals surface area contributed by atoms with Crippen LogP contribution in [0.4, 0.5) is 5.69 Å². The molecule has 1 saturated heterocycles. The van der Waals surface area contributed by atoms with E-state index in [1.165, 1.54) is 12.1 Å². The summed E-state index contributed by atoms with van der Waals surface area (Å²) >= 11 is 0. The second kappa shape index (κ2) is 11.7. The van der Waals surface area contributed by atoms with Crippen molar-refractivity contribution in [2.45, 2.75) is 25.7 Å². The third-order valence-corrected chi connectivity index (χ3v) is 5.10. The second-order valence-electron chi connectivity index (χ2n) is 7.46. The van der Waals surface area contributed by atoms with Gasteiger partial charge < -0.3 is 24.4 Å². The number of anilines is 1. The molecule has 170 valence electrons. The first-order chi connectivity index (χ1) is 15.5. The fraction of sp³-hybridized carbons (Fsp3) is 0.375. The van der Waals surface area contributed by atoms with Crippen LogP contribution in [0.25, 0.3) is 0 Å². The number of esters is 1. The number of rotatable bonds is 8. The summed E-state index contributed by atoms with van der Waals surface area (Å²) in [7, 11) is 1.55. The van der Waals surface area contributed by atoms with E-state index in [9.17, 15) is 14.4 Å². The van der Waals surface area contributed by atoms with Gasteiger partial charge in [-0.05, 0) is 49.2 Å². The first-order valence-electron chi connectivity index (χ1n) is 10.7. The van der Waals surface area contributed by atoms with Crippen molar-refractivity contribution in [1.29, 1.82) is 0 Å². The molecule has 32 heavy (non-hydrogen) atoms. The van der Waals surface area contributed by atoms with Crippen molar-refractivity contribution < 1.29 is 28.6 Å². The van der Waals surface area contributed by atoms with Crippen LogP contribution in [0.15, 0.2) is 48.5 Å². The van der Waals surface area contributed by atoms with E-state index in [-0.39, 0.29) is 25.0 Å². The number of carbonyl (C=O) groups excluding carboxylic acids is 3. The van der Waals surface area contributed by atoms with Crippen molar-refractivity contribution in [2.75, 3.05) is 38.7 Å². The van der Waals surface area contributed by atoms with Gasteiger partial charge in [-0.3, -0.25) is 9.59 Å². The van der Waals surface area contributed by atoms with E-state index >= 15 is 0 Å². The minimum atomic E-state index is -0.574. The molecule has 0 saturated carbocycles. The Kier molecular flexibility index (Phi) is 8.48. The Morgan fingerprint density at radius 2 is 1.62 bits per heavy atom.